The van der Waals surface area contributed by atoms with Crippen LogP contribution in [-0.4, -0.2) is 22.8 Å². The van der Waals surface area contributed by atoms with Gasteiger partial charge in [0.15, 0.2) is 0 Å². The number of hydrogen-bond donors (Lipinski definition) is 2. The van der Waals surface area contributed by atoms with Crippen molar-refractivity contribution in [3.8, 4) is 5.69 Å². The molecule has 0 saturated carbocycles. The number of aryl methyl sites for hydroxylation is 1. The molecule has 0 bridgehead atoms. The van der Waals surface area contributed by atoms with Crippen LogP contribution in [0.1, 0.15) is 17.0 Å². The van der Waals surface area contributed by atoms with E-state index in [1.807, 2.05) is 6.07 Å². The molecule has 0 atom stereocenters. The lowest BCUT2D eigenvalue weighted by Gasteiger charge is -2.10. The highest BCUT2D eigenvalue weighted by Crippen LogP contribution is 2.20. The minimum Gasteiger partial charge on any atom is -0.395 e. The molecule has 1 aromatic carbocycles. The van der Waals surface area contributed by atoms with E-state index < -0.39 is 0 Å². The molecule has 0 aliphatic heterocycles. The van der Waals surface area contributed by atoms with Crippen LogP contribution in [-0.2, 0) is 6.54 Å². The summed E-state index contributed by atoms with van der Waals surface area (Å²) in [5, 5.41) is 12.0. The van der Waals surface area contributed by atoms with Gasteiger partial charge in [-0.15, -0.1) is 0 Å². The maximum absolute atomic E-state index is 8.78. The number of rotatable bonds is 5. The Kier molecular flexibility index (Phi) is 4.18. The summed E-state index contributed by atoms with van der Waals surface area (Å²) in [4.78, 5) is 0. The average molecular weight is 244 g/mol. The van der Waals surface area contributed by atoms with Crippen molar-refractivity contribution < 1.29 is 5.11 Å². The number of hydrogen-bond acceptors (Lipinski definition) is 2. The summed E-state index contributed by atoms with van der Waals surface area (Å²) in [7, 11) is 0. The number of benzene rings is 1. The van der Waals surface area contributed by atoms with Gasteiger partial charge >= 0.3 is 0 Å². The second-order valence-electron chi connectivity index (χ2n) is 4.47. The average Bonchev–Trinajstić information content (AvgIpc) is 2.66. The van der Waals surface area contributed by atoms with Crippen molar-refractivity contribution in [1.29, 1.82) is 0 Å². The number of nitrogens with zero attached hydrogens (tertiary/aromatic N) is 1. The van der Waals surface area contributed by atoms with Gasteiger partial charge < -0.3 is 15.0 Å². The molecular formula is C15H20N2O. The highest BCUT2D eigenvalue weighted by molar-refractivity contribution is 5.40. The monoisotopic (exact) mass is 244 g/mol. The molecule has 3 heteroatoms. The molecule has 0 unspecified atom stereocenters. The molecular weight excluding hydrogens is 224 g/mol. The standard InChI is InChI=1S/C15H20N2O/c1-12-10-14(11-16-8-9-18)13(2)17(12)15-6-4-3-5-7-15/h3-7,10,16,18H,8-9,11H2,1-2H3. The third-order valence-electron chi connectivity index (χ3n) is 3.15. The fourth-order valence-corrected chi connectivity index (χ4v) is 2.28. The van der Waals surface area contributed by atoms with Gasteiger partial charge in [0.05, 0.1) is 6.61 Å². The predicted molar refractivity (Wildman–Crippen MR) is 74.0 cm³/mol. The van der Waals surface area contributed by atoms with E-state index in [4.69, 9.17) is 5.11 Å². The lowest BCUT2D eigenvalue weighted by Crippen LogP contribution is -2.17. The molecule has 3 nitrogen and oxygen atoms in total. The highest BCUT2D eigenvalue weighted by atomic mass is 16.3. The zero-order valence-corrected chi connectivity index (χ0v) is 11.0. The molecule has 0 saturated heterocycles. The Hall–Kier alpha value is -1.58. The van der Waals surface area contributed by atoms with E-state index in [0.29, 0.717) is 6.54 Å². The van der Waals surface area contributed by atoms with E-state index in [1.165, 1.54) is 22.6 Å². The molecule has 2 N–H and O–H groups in total. The van der Waals surface area contributed by atoms with Gasteiger partial charge in [0, 0.05) is 30.2 Å². The smallest absolute Gasteiger partial charge is 0.0556 e. The summed E-state index contributed by atoms with van der Waals surface area (Å²) in [6, 6.07) is 12.6. The van der Waals surface area contributed by atoms with Crippen LogP contribution < -0.4 is 5.32 Å². The Bertz CT molecular complexity index is 503. The number of aromatic nitrogens is 1. The predicted octanol–water partition coefficient (Wildman–Crippen LogP) is 2.18. The Morgan fingerprint density at radius 3 is 2.56 bits per heavy atom. The third kappa shape index (κ3) is 2.63. The first-order chi connectivity index (χ1) is 8.74. The van der Waals surface area contributed by atoms with Crippen molar-refractivity contribution in [3.63, 3.8) is 0 Å². The number of para-hydroxylation sites is 1. The molecule has 1 aromatic heterocycles. The van der Waals surface area contributed by atoms with Crippen LogP contribution in [0.2, 0.25) is 0 Å². The van der Waals surface area contributed by atoms with Crippen molar-refractivity contribution in [2.75, 3.05) is 13.2 Å². The van der Waals surface area contributed by atoms with E-state index in [1.54, 1.807) is 0 Å². The SMILES string of the molecule is Cc1cc(CNCCO)c(C)n1-c1ccccc1. The van der Waals surface area contributed by atoms with Crippen molar-refractivity contribution in [2.24, 2.45) is 0 Å². The molecule has 0 aliphatic carbocycles. The van der Waals surface area contributed by atoms with Gasteiger partial charge in [-0.3, -0.25) is 0 Å². The minimum atomic E-state index is 0.178. The molecule has 96 valence electrons. The molecule has 2 rings (SSSR count). The lowest BCUT2D eigenvalue weighted by molar-refractivity contribution is 0.292. The molecule has 0 aliphatic rings. The first-order valence-electron chi connectivity index (χ1n) is 6.29. The highest BCUT2D eigenvalue weighted by Gasteiger charge is 2.09. The van der Waals surface area contributed by atoms with Crippen molar-refractivity contribution in [2.45, 2.75) is 20.4 Å². The number of aliphatic hydroxyl groups excluding tert-OH is 1. The van der Waals surface area contributed by atoms with Crippen LogP contribution in [0.5, 0.6) is 0 Å². The molecule has 0 fully saturated rings. The normalized spacial score (nSPS) is 10.8. The van der Waals surface area contributed by atoms with Crippen LogP contribution in [0, 0.1) is 13.8 Å². The van der Waals surface area contributed by atoms with Crippen LogP contribution in [0.3, 0.4) is 0 Å². The first-order valence-corrected chi connectivity index (χ1v) is 6.29. The second kappa shape index (κ2) is 5.85. The maximum Gasteiger partial charge on any atom is 0.0556 e. The van der Waals surface area contributed by atoms with Gasteiger partial charge in [-0.05, 0) is 37.6 Å². The molecule has 18 heavy (non-hydrogen) atoms. The van der Waals surface area contributed by atoms with Gasteiger partial charge in [-0.1, -0.05) is 18.2 Å². The fourth-order valence-electron chi connectivity index (χ4n) is 2.28. The van der Waals surface area contributed by atoms with Crippen molar-refractivity contribution in [3.05, 3.63) is 53.3 Å². The van der Waals surface area contributed by atoms with E-state index in [2.05, 4.69) is 54.1 Å². The van der Waals surface area contributed by atoms with E-state index in [-0.39, 0.29) is 6.61 Å². The summed E-state index contributed by atoms with van der Waals surface area (Å²) in [6.45, 7) is 5.87. The van der Waals surface area contributed by atoms with E-state index in [0.717, 1.165) is 6.54 Å². The third-order valence-corrected chi connectivity index (χ3v) is 3.15. The Balaban J connectivity index is 2.27. The zero-order chi connectivity index (χ0) is 13.0. The summed E-state index contributed by atoms with van der Waals surface area (Å²) < 4.78 is 2.26. The van der Waals surface area contributed by atoms with E-state index >= 15 is 0 Å². The summed E-state index contributed by atoms with van der Waals surface area (Å²) in [6.07, 6.45) is 0. The maximum atomic E-state index is 8.78. The van der Waals surface area contributed by atoms with Crippen molar-refractivity contribution >= 4 is 0 Å². The summed E-state index contributed by atoms with van der Waals surface area (Å²) in [5.41, 5.74) is 4.97. The number of nitrogens with one attached hydrogen (secondary N) is 1. The minimum absolute atomic E-state index is 0.178. The summed E-state index contributed by atoms with van der Waals surface area (Å²) in [5.74, 6) is 0. The van der Waals surface area contributed by atoms with Crippen LogP contribution in [0.15, 0.2) is 36.4 Å². The van der Waals surface area contributed by atoms with Gasteiger partial charge in [0.25, 0.3) is 0 Å². The zero-order valence-electron chi connectivity index (χ0n) is 11.0. The molecule has 2 aromatic rings. The van der Waals surface area contributed by atoms with Crippen LogP contribution in [0.25, 0.3) is 5.69 Å². The largest absolute Gasteiger partial charge is 0.395 e. The quantitative estimate of drug-likeness (QED) is 0.791. The van der Waals surface area contributed by atoms with Gasteiger partial charge in [-0.25, -0.2) is 0 Å². The topological polar surface area (TPSA) is 37.2 Å². The molecule has 1 heterocycles. The second-order valence-corrected chi connectivity index (χ2v) is 4.47. The fraction of sp³-hybridized carbons (Fsp3) is 0.333. The van der Waals surface area contributed by atoms with Gasteiger partial charge in [0.1, 0.15) is 0 Å². The first kappa shape index (κ1) is 12.9. The van der Waals surface area contributed by atoms with Crippen LogP contribution >= 0.6 is 0 Å². The van der Waals surface area contributed by atoms with Crippen molar-refractivity contribution in [1.82, 2.24) is 9.88 Å². The van der Waals surface area contributed by atoms with Gasteiger partial charge in [0.2, 0.25) is 0 Å². The van der Waals surface area contributed by atoms with E-state index in [9.17, 15) is 0 Å². The Labute approximate surface area is 108 Å². The molecule has 0 spiro atoms. The molecule has 0 radical (unpaired) electrons. The Morgan fingerprint density at radius 2 is 1.89 bits per heavy atom. The van der Waals surface area contributed by atoms with Crippen LogP contribution in [0.4, 0.5) is 0 Å². The lowest BCUT2D eigenvalue weighted by atomic mass is 10.2. The molecule has 0 amide bonds. The number of aliphatic hydroxyl groups is 1. The van der Waals surface area contributed by atoms with Gasteiger partial charge in [-0.2, -0.15) is 0 Å². The summed E-state index contributed by atoms with van der Waals surface area (Å²) >= 11 is 0. The Morgan fingerprint density at radius 1 is 1.17 bits per heavy atom.